The highest BCUT2D eigenvalue weighted by Gasteiger charge is 2.18. The van der Waals surface area contributed by atoms with Crippen molar-refractivity contribution in [2.24, 2.45) is 0 Å². The van der Waals surface area contributed by atoms with Crippen molar-refractivity contribution < 1.29 is 5.11 Å². The van der Waals surface area contributed by atoms with Gasteiger partial charge in [-0.3, -0.25) is 0 Å². The van der Waals surface area contributed by atoms with E-state index in [0.717, 1.165) is 36.2 Å². The highest BCUT2D eigenvalue weighted by molar-refractivity contribution is 7.99. The predicted molar refractivity (Wildman–Crippen MR) is 102 cm³/mol. The lowest BCUT2D eigenvalue weighted by atomic mass is 10.2. The molecule has 0 saturated carbocycles. The summed E-state index contributed by atoms with van der Waals surface area (Å²) in [6.45, 7) is 12.8. The summed E-state index contributed by atoms with van der Waals surface area (Å²) in [5.74, 6) is 1.47. The van der Waals surface area contributed by atoms with Gasteiger partial charge in [0.25, 0.3) is 0 Å². The summed E-state index contributed by atoms with van der Waals surface area (Å²) >= 11 is 1.54. The van der Waals surface area contributed by atoms with Gasteiger partial charge in [0.1, 0.15) is 0 Å². The molecule has 0 fully saturated rings. The van der Waals surface area contributed by atoms with Gasteiger partial charge in [0.2, 0.25) is 0 Å². The third-order valence-electron chi connectivity index (χ3n) is 3.84. The first-order chi connectivity index (χ1) is 11.4. The molecule has 0 aliphatic heterocycles. The monoisotopic (exact) mass is 348 g/mol. The lowest BCUT2D eigenvalue weighted by Crippen LogP contribution is -2.22. The molecule has 2 aromatic rings. The smallest absolute Gasteiger partial charge is 0.191 e. The van der Waals surface area contributed by atoms with Crippen LogP contribution in [-0.4, -0.2) is 44.3 Å². The van der Waals surface area contributed by atoms with Gasteiger partial charge in [0, 0.05) is 36.6 Å². The van der Waals surface area contributed by atoms with E-state index in [9.17, 15) is 5.11 Å². The minimum Gasteiger partial charge on any atom is -0.390 e. The van der Waals surface area contributed by atoms with E-state index in [1.54, 1.807) is 25.6 Å². The SMILES string of the molecule is CCN(CC)c1ccc(-c2nnc(SCC(C)(C)O)n2CC)cc1. The molecule has 1 heterocycles. The van der Waals surface area contributed by atoms with Crippen LogP contribution in [-0.2, 0) is 6.54 Å². The second-order valence-electron chi connectivity index (χ2n) is 6.37. The lowest BCUT2D eigenvalue weighted by molar-refractivity contribution is 0.107. The third kappa shape index (κ3) is 4.51. The van der Waals surface area contributed by atoms with E-state index in [0.29, 0.717) is 5.75 Å². The Hall–Kier alpha value is -1.53. The quantitative estimate of drug-likeness (QED) is 0.738. The Kier molecular flexibility index (Phi) is 6.29. The van der Waals surface area contributed by atoms with Gasteiger partial charge in [-0.1, -0.05) is 11.8 Å². The van der Waals surface area contributed by atoms with Crippen molar-refractivity contribution in [1.82, 2.24) is 14.8 Å². The molecule has 1 N–H and O–H groups in total. The van der Waals surface area contributed by atoms with Crippen LogP contribution in [0, 0.1) is 0 Å². The zero-order valence-corrected chi connectivity index (χ0v) is 16.1. The number of rotatable bonds is 8. The van der Waals surface area contributed by atoms with Gasteiger partial charge in [0.15, 0.2) is 11.0 Å². The van der Waals surface area contributed by atoms with Crippen molar-refractivity contribution >= 4 is 17.4 Å². The standard InChI is InChI=1S/C18H28N4OS/c1-6-21(7-2)15-11-9-14(10-12-15)16-19-20-17(22(16)8-3)24-13-18(4,5)23/h9-12,23H,6-8,13H2,1-5H3. The fourth-order valence-electron chi connectivity index (χ4n) is 2.55. The van der Waals surface area contributed by atoms with Gasteiger partial charge in [-0.05, 0) is 58.9 Å². The molecule has 24 heavy (non-hydrogen) atoms. The lowest BCUT2D eigenvalue weighted by Gasteiger charge is -2.21. The zero-order chi connectivity index (χ0) is 17.7. The molecule has 1 aromatic heterocycles. The van der Waals surface area contributed by atoms with Gasteiger partial charge in [0.05, 0.1) is 5.60 Å². The molecule has 0 atom stereocenters. The van der Waals surface area contributed by atoms with Crippen molar-refractivity contribution in [3.05, 3.63) is 24.3 Å². The minimum absolute atomic E-state index is 0.589. The highest BCUT2D eigenvalue weighted by Crippen LogP contribution is 2.27. The first-order valence-electron chi connectivity index (χ1n) is 8.53. The molecular weight excluding hydrogens is 320 g/mol. The molecule has 0 radical (unpaired) electrons. The van der Waals surface area contributed by atoms with Crippen LogP contribution in [0.3, 0.4) is 0 Å². The minimum atomic E-state index is -0.721. The van der Waals surface area contributed by atoms with Crippen LogP contribution in [0.25, 0.3) is 11.4 Å². The van der Waals surface area contributed by atoms with E-state index in [2.05, 4.69) is 64.7 Å². The topological polar surface area (TPSA) is 54.2 Å². The van der Waals surface area contributed by atoms with Crippen LogP contribution in [0.2, 0.25) is 0 Å². The van der Waals surface area contributed by atoms with E-state index < -0.39 is 5.60 Å². The summed E-state index contributed by atoms with van der Waals surface area (Å²) in [4.78, 5) is 2.32. The van der Waals surface area contributed by atoms with E-state index in [-0.39, 0.29) is 0 Å². The average molecular weight is 349 g/mol. The molecular formula is C18H28N4OS. The molecule has 5 nitrogen and oxygen atoms in total. The number of hydrogen-bond acceptors (Lipinski definition) is 5. The molecule has 2 rings (SSSR count). The van der Waals surface area contributed by atoms with E-state index >= 15 is 0 Å². The molecule has 6 heteroatoms. The van der Waals surface area contributed by atoms with Crippen molar-refractivity contribution in [2.75, 3.05) is 23.7 Å². The Labute approximate surface area is 149 Å². The van der Waals surface area contributed by atoms with E-state index in [4.69, 9.17) is 0 Å². The van der Waals surface area contributed by atoms with Crippen LogP contribution in [0.15, 0.2) is 29.4 Å². The Morgan fingerprint density at radius 3 is 2.21 bits per heavy atom. The largest absolute Gasteiger partial charge is 0.390 e. The van der Waals surface area contributed by atoms with Crippen molar-refractivity contribution in [3.8, 4) is 11.4 Å². The summed E-state index contributed by atoms with van der Waals surface area (Å²) < 4.78 is 2.10. The molecule has 132 valence electrons. The molecule has 0 unspecified atom stereocenters. The van der Waals surface area contributed by atoms with Crippen molar-refractivity contribution in [2.45, 2.75) is 51.9 Å². The number of aliphatic hydroxyl groups is 1. The normalized spacial score (nSPS) is 11.8. The maximum atomic E-state index is 9.91. The number of thioether (sulfide) groups is 1. The maximum Gasteiger partial charge on any atom is 0.191 e. The summed E-state index contributed by atoms with van der Waals surface area (Å²) in [5.41, 5.74) is 1.57. The van der Waals surface area contributed by atoms with Crippen LogP contribution in [0.4, 0.5) is 5.69 Å². The molecule has 0 aliphatic rings. The van der Waals surface area contributed by atoms with Gasteiger partial charge in [-0.15, -0.1) is 10.2 Å². The van der Waals surface area contributed by atoms with Crippen LogP contribution in [0.5, 0.6) is 0 Å². The van der Waals surface area contributed by atoms with Gasteiger partial charge < -0.3 is 14.6 Å². The highest BCUT2D eigenvalue weighted by atomic mass is 32.2. The molecule has 0 aliphatic carbocycles. The number of aromatic nitrogens is 3. The molecule has 0 bridgehead atoms. The maximum absolute atomic E-state index is 9.91. The Bertz CT molecular complexity index is 642. The first kappa shape index (κ1) is 18.8. The predicted octanol–water partition coefficient (Wildman–Crippen LogP) is 3.67. The Morgan fingerprint density at radius 2 is 1.71 bits per heavy atom. The molecule has 0 amide bonds. The summed E-state index contributed by atoms with van der Waals surface area (Å²) in [7, 11) is 0. The first-order valence-corrected chi connectivity index (χ1v) is 9.51. The number of anilines is 1. The van der Waals surface area contributed by atoms with E-state index in [1.165, 1.54) is 5.69 Å². The van der Waals surface area contributed by atoms with Gasteiger partial charge >= 0.3 is 0 Å². The molecule has 0 saturated heterocycles. The molecule has 1 aromatic carbocycles. The number of nitrogens with zero attached hydrogens (tertiary/aromatic N) is 4. The van der Waals surface area contributed by atoms with Gasteiger partial charge in [-0.25, -0.2) is 0 Å². The average Bonchev–Trinajstić information content (AvgIpc) is 2.97. The Morgan fingerprint density at radius 1 is 1.08 bits per heavy atom. The van der Waals surface area contributed by atoms with Crippen LogP contribution < -0.4 is 4.90 Å². The summed E-state index contributed by atoms with van der Waals surface area (Å²) in [6, 6.07) is 8.49. The Balaban J connectivity index is 2.24. The summed E-state index contributed by atoms with van der Waals surface area (Å²) in [6.07, 6.45) is 0. The molecule has 0 spiro atoms. The van der Waals surface area contributed by atoms with E-state index in [1.807, 2.05) is 0 Å². The van der Waals surface area contributed by atoms with Gasteiger partial charge in [-0.2, -0.15) is 0 Å². The number of hydrogen-bond donors (Lipinski definition) is 1. The fraction of sp³-hybridized carbons (Fsp3) is 0.556. The third-order valence-corrected chi connectivity index (χ3v) is 5.25. The number of benzene rings is 1. The van der Waals surface area contributed by atoms with Crippen LogP contribution >= 0.6 is 11.8 Å². The fourth-order valence-corrected chi connectivity index (χ4v) is 3.50. The summed E-state index contributed by atoms with van der Waals surface area (Å²) in [5, 5.41) is 19.4. The zero-order valence-electron chi connectivity index (χ0n) is 15.3. The van der Waals surface area contributed by atoms with Crippen LogP contribution in [0.1, 0.15) is 34.6 Å². The second kappa shape index (κ2) is 8.03. The van der Waals surface area contributed by atoms with Crippen molar-refractivity contribution in [3.63, 3.8) is 0 Å². The van der Waals surface area contributed by atoms with Crippen molar-refractivity contribution in [1.29, 1.82) is 0 Å². The second-order valence-corrected chi connectivity index (χ2v) is 7.31.